The molecule has 0 saturated heterocycles. The summed E-state index contributed by atoms with van der Waals surface area (Å²) in [5.41, 5.74) is 2.73. The Morgan fingerprint density at radius 1 is 1.10 bits per heavy atom. The summed E-state index contributed by atoms with van der Waals surface area (Å²) in [6, 6.07) is 0. The average molecular weight is 545 g/mol. The number of aliphatic hydroxyl groups is 2. The first-order chi connectivity index (χ1) is 14.3. The lowest BCUT2D eigenvalue weighted by Gasteiger charge is -2.63. The van der Waals surface area contributed by atoms with E-state index in [1.54, 1.807) is 0 Å². The quantitative estimate of drug-likeness (QED) is 0.282. The van der Waals surface area contributed by atoms with E-state index in [1.165, 1.54) is 12.8 Å². The van der Waals surface area contributed by atoms with E-state index in [0.29, 0.717) is 23.7 Å². The lowest BCUT2D eigenvalue weighted by molar-refractivity contribution is -0.206. The van der Waals surface area contributed by atoms with Crippen molar-refractivity contribution in [2.45, 2.75) is 83.3 Å². The van der Waals surface area contributed by atoms with Gasteiger partial charge in [-0.1, -0.05) is 13.8 Å². The maximum absolute atomic E-state index is 12.2. The molecule has 0 spiro atoms. The van der Waals surface area contributed by atoms with Gasteiger partial charge in [-0.25, -0.2) is 10.4 Å². The Hall–Kier alpha value is -0.410. The van der Waals surface area contributed by atoms with E-state index in [4.69, 9.17) is 0 Å². The Morgan fingerprint density at radius 3 is 2.65 bits per heavy atom. The van der Waals surface area contributed by atoms with E-state index in [2.05, 4.69) is 40.5 Å². The van der Waals surface area contributed by atoms with Crippen LogP contribution in [-0.2, 0) is 0 Å². The maximum atomic E-state index is 12.2. The number of nitrogens with zero attached hydrogens (tertiary/aromatic N) is 3. The molecule has 0 aromatic rings. The number of hydrogen-bond acceptors (Lipinski definition) is 6. The van der Waals surface area contributed by atoms with Gasteiger partial charge < -0.3 is 15.1 Å². The van der Waals surface area contributed by atoms with Crippen LogP contribution >= 0.6 is 24.0 Å². The molecule has 0 unspecified atom stereocenters. The number of aliphatic hydroxyl groups excluding tert-OH is 1. The van der Waals surface area contributed by atoms with Gasteiger partial charge in [-0.15, -0.1) is 24.0 Å². The number of fused-ring (bicyclic) bond motifs is 5. The third kappa shape index (κ3) is 3.56. The van der Waals surface area contributed by atoms with Gasteiger partial charge in [0.05, 0.1) is 18.2 Å². The second-order valence-electron chi connectivity index (χ2n) is 11.5. The average Bonchev–Trinajstić information content (AvgIpc) is 3.23. The minimum Gasteiger partial charge on any atom is -0.393 e. The highest BCUT2D eigenvalue weighted by atomic mass is 127. The number of nitrogens with one attached hydrogen (secondary N) is 1. The normalized spacial score (nSPS) is 49.1. The van der Waals surface area contributed by atoms with Crippen LogP contribution in [0.25, 0.3) is 0 Å². The molecular formula is C24H41IN4O2. The highest BCUT2D eigenvalue weighted by Crippen LogP contribution is 2.68. The van der Waals surface area contributed by atoms with Gasteiger partial charge in [0.15, 0.2) is 0 Å². The molecule has 0 aromatic heterocycles. The molecular weight excluding hydrogens is 503 g/mol. The lowest BCUT2D eigenvalue weighted by atomic mass is 9.43. The summed E-state index contributed by atoms with van der Waals surface area (Å²) in [6.07, 6.45) is 11.5. The molecule has 0 aromatic carbocycles. The molecule has 4 saturated carbocycles. The van der Waals surface area contributed by atoms with Crippen molar-refractivity contribution in [3.8, 4) is 0 Å². The molecule has 7 heteroatoms. The topological polar surface area (TPSA) is 80.5 Å². The van der Waals surface area contributed by atoms with Gasteiger partial charge in [-0.3, -0.25) is 0 Å². The largest absolute Gasteiger partial charge is 0.393 e. The van der Waals surface area contributed by atoms with Gasteiger partial charge in [0.25, 0.3) is 0 Å². The number of aliphatic imine (C=N–C) groups is 1. The molecule has 8 atom stereocenters. The molecule has 1 aliphatic heterocycles. The summed E-state index contributed by atoms with van der Waals surface area (Å²) in [7, 11) is 2.03. The van der Waals surface area contributed by atoms with Crippen LogP contribution in [0.3, 0.4) is 0 Å². The zero-order valence-electron chi connectivity index (χ0n) is 19.4. The standard InChI is InChI=1S/C24H40N4O2.HI/c1-22-9-7-18(29)14-16(22)4-5-20-19(22)8-10-23(2)17(6-11-24(20,23)30)15-26-27-21-25-12-13-28(21)3;/h15-20,29-30H,4-14H2,1-3H3,(H,25,27);1H/b26-15+;/t16-,17-,18+,19+,20-,22+,23-,24+;/m1./s1. The van der Waals surface area contributed by atoms with Crippen molar-refractivity contribution in [1.29, 1.82) is 0 Å². The van der Waals surface area contributed by atoms with Gasteiger partial charge >= 0.3 is 0 Å². The fraction of sp³-hybridized carbons (Fsp3) is 0.917. The smallest absolute Gasteiger partial charge is 0.214 e. The third-order valence-corrected chi connectivity index (χ3v) is 10.4. The van der Waals surface area contributed by atoms with Crippen molar-refractivity contribution in [3.63, 3.8) is 0 Å². The third-order valence-electron chi connectivity index (χ3n) is 10.4. The number of halogens is 1. The highest BCUT2D eigenvalue weighted by Gasteiger charge is 2.66. The van der Waals surface area contributed by atoms with E-state index in [9.17, 15) is 10.2 Å². The summed E-state index contributed by atoms with van der Waals surface area (Å²) in [6.45, 7) is 6.57. The van der Waals surface area contributed by atoms with Crippen molar-refractivity contribution in [2.24, 2.45) is 44.6 Å². The lowest BCUT2D eigenvalue weighted by Crippen LogP contribution is -2.62. The number of guanidine groups is 1. The zero-order chi connectivity index (χ0) is 21.1. The first kappa shape index (κ1) is 23.7. The van der Waals surface area contributed by atoms with Gasteiger partial charge in [-0.05, 0) is 81.0 Å². The van der Waals surface area contributed by atoms with Crippen LogP contribution < -0.4 is 5.43 Å². The fourth-order valence-corrected chi connectivity index (χ4v) is 8.32. The van der Waals surface area contributed by atoms with E-state index < -0.39 is 5.60 Å². The van der Waals surface area contributed by atoms with Crippen molar-refractivity contribution >= 4 is 36.2 Å². The van der Waals surface area contributed by atoms with Gasteiger partial charge in [-0.2, -0.15) is 5.10 Å². The minimum atomic E-state index is -0.585. The van der Waals surface area contributed by atoms with Crippen molar-refractivity contribution in [3.05, 3.63) is 0 Å². The van der Waals surface area contributed by atoms with Crippen molar-refractivity contribution in [2.75, 3.05) is 20.1 Å². The van der Waals surface area contributed by atoms with E-state index in [1.807, 2.05) is 7.05 Å². The van der Waals surface area contributed by atoms with E-state index >= 15 is 0 Å². The van der Waals surface area contributed by atoms with Crippen molar-refractivity contribution < 1.29 is 10.2 Å². The first-order valence-corrected chi connectivity index (χ1v) is 12.2. The van der Waals surface area contributed by atoms with Crippen LogP contribution in [0.5, 0.6) is 0 Å². The molecule has 5 rings (SSSR count). The summed E-state index contributed by atoms with van der Waals surface area (Å²) in [5, 5.41) is 27.0. The molecule has 3 N–H and O–H groups in total. The summed E-state index contributed by atoms with van der Waals surface area (Å²) < 4.78 is 0. The van der Waals surface area contributed by atoms with E-state index in [-0.39, 0.29) is 40.9 Å². The molecule has 4 fully saturated rings. The minimum absolute atomic E-state index is 0. The Morgan fingerprint density at radius 2 is 1.90 bits per heavy atom. The summed E-state index contributed by atoms with van der Waals surface area (Å²) in [4.78, 5) is 6.54. The SMILES string of the molecule is CN1CCN=C1N/N=C/[C@H]1CC[C@]2(O)[C@@H]3CC[C@@H]4C[C@@H](O)CC[C@]4(C)[C@H]3CC[C@]12C.I. The van der Waals surface area contributed by atoms with Crippen LogP contribution in [0.2, 0.25) is 0 Å². The van der Waals surface area contributed by atoms with Gasteiger partial charge in [0.1, 0.15) is 0 Å². The number of rotatable bonds is 2. The Balaban J connectivity index is 0.00000231. The second kappa shape index (κ2) is 8.42. The molecule has 176 valence electrons. The van der Waals surface area contributed by atoms with Crippen LogP contribution in [0.15, 0.2) is 10.1 Å². The van der Waals surface area contributed by atoms with Crippen LogP contribution in [0.4, 0.5) is 0 Å². The Bertz CT molecular complexity index is 747. The summed E-state index contributed by atoms with van der Waals surface area (Å²) in [5.74, 6) is 2.77. The first-order valence-electron chi connectivity index (χ1n) is 12.2. The predicted molar refractivity (Wildman–Crippen MR) is 135 cm³/mol. The second-order valence-corrected chi connectivity index (χ2v) is 11.5. The fourth-order valence-electron chi connectivity index (χ4n) is 8.32. The molecule has 6 nitrogen and oxygen atoms in total. The summed E-state index contributed by atoms with van der Waals surface area (Å²) >= 11 is 0. The van der Waals surface area contributed by atoms with Crippen LogP contribution in [0, 0.1) is 34.5 Å². The highest BCUT2D eigenvalue weighted by molar-refractivity contribution is 14.0. The number of hydrazone groups is 1. The Labute approximate surface area is 204 Å². The van der Waals surface area contributed by atoms with Crippen LogP contribution in [-0.4, -0.2) is 59.1 Å². The molecule has 0 bridgehead atoms. The molecule has 1 heterocycles. The van der Waals surface area contributed by atoms with E-state index in [0.717, 1.165) is 64.0 Å². The number of likely N-dealkylation sites (N-methyl/N-ethyl adjacent to an activating group) is 1. The monoisotopic (exact) mass is 544 g/mol. The van der Waals surface area contributed by atoms with Crippen molar-refractivity contribution in [1.82, 2.24) is 10.3 Å². The Kier molecular flexibility index (Phi) is 6.45. The van der Waals surface area contributed by atoms with Gasteiger partial charge in [0.2, 0.25) is 5.96 Å². The predicted octanol–water partition coefficient (Wildman–Crippen LogP) is 3.62. The molecule has 31 heavy (non-hydrogen) atoms. The molecule has 0 radical (unpaired) electrons. The molecule has 4 aliphatic carbocycles. The zero-order valence-corrected chi connectivity index (χ0v) is 21.7. The van der Waals surface area contributed by atoms with Crippen LogP contribution in [0.1, 0.15) is 71.6 Å². The maximum Gasteiger partial charge on any atom is 0.214 e. The molecule has 5 aliphatic rings. The van der Waals surface area contributed by atoms with Gasteiger partial charge in [0, 0.05) is 31.1 Å². The number of hydrogen-bond donors (Lipinski definition) is 3. The molecule has 0 amide bonds.